The third kappa shape index (κ3) is 5.88. The molecule has 17 heteroatoms. The van der Waals surface area contributed by atoms with Crippen LogP contribution >= 0.6 is 10.9 Å². The molecule has 0 aliphatic heterocycles. The summed E-state index contributed by atoms with van der Waals surface area (Å²) >= 11 is 0. The van der Waals surface area contributed by atoms with Gasteiger partial charge >= 0.3 is 0 Å². The van der Waals surface area contributed by atoms with Crippen molar-refractivity contribution in [1.82, 2.24) is 14.8 Å². The van der Waals surface area contributed by atoms with Gasteiger partial charge in [-0.1, -0.05) is 18.2 Å². The van der Waals surface area contributed by atoms with E-state index in [-0.39, 0.29) is 44.1 Å². The van der Waals surface area contributed by atoms with Crippen LogP contribution in [0.25, 0.3) is 27.4 Å². The van der Waals surface area contributed by atoms with Gasteiger partial charge in [0.15, 0.2) is 11.4 Å². The maximum Gasteiger partial charge on any atom is 0.294 e. The number of aromatic hydroxyl groups is 2. The highest BCUT2D eigenvalue weighted by Gasteiger charge is 2.25. The summed E-state index contributed by atoms with van der Waals surface area (Å²) in [6, 6.07) is 19.5. The first kappa shape index (κ1) is 30.7. The van der Waals surface area contributed by atoms with Gasteiger partial charge in [-0.2, -0.15) is 23.3 Å². The van der Waals surface area contributed by atoms with Gasteiger partial charge in [-0.3, -0.25) is 9.54 Å². The Morgan fingerprint density at radius 2 is 1.48 bits per heavy atom. The quantitative estimate of drug-likeness (QED) is 0.0712. The van der Waals surface area contributed by atoms with Gasteiger partial charge in [-0.05, 0) is 73.0 Å². The number of fused-ring (bicyclic) bond motifs is 2. The summed E-state index contributed by atoms with van der Waals surface area (Å²) in [5.41, 5.74) is 1.34. The molecule has 6 N–H and O–H groups in total. The molecule has 2 aromatic heterocycles. The van der Waals surface area contributed by atoms with Crippen LogP contribution in [0.4, 0.5) is 22.7 Å². The number of phenolic OH excluding ortho intramolecular Hbond substituents is 1. The van der Waals surface area contributed by atoms with Gasteiger partial charge in [0.25, 0.3) is 10.1 Å². The summed E-state index contributed by atoms with van der Waals surface area (Å²) in [7, 11) is -8.78. The van der Waals surface area contributed by atoms with Crippen molar-refractivity contribution in [1.29, 1.82) is 0 Å². The van der Waals surface area contributed by atoms with E-state index in [1.54, 1.807) is 31.3 Å². The first-order valence-electron chi connectivity index (χ1n) is 13.2. The molecule has 0 amide bonds. The lowest BCUT2D eigenvalue weighted by molar-refractivity contribution is 0.375. The molecule has 0 unspecified atom stereocenters. The second kappa shape index (κ2) is 11.6. The normalized spacial score (nSPS) is 13.0. The van der Waals surface area contributed by atoms with Gasteiger partial charge in [0.1, 0.15) is 22.2 Å². The molecule has 15 nitrogen and oxygen atoms in total. The first-order valence-corrected chi connectivity index (χ1v) is 16.1. The van der Waals surface area contributed by atoms with Crippen LogP contribution in [-0.2, 0) is 10.1 Å². The van der Waals surface area contributed by atoms with E-state index in [2.05, 4.69) is 30.5 Å². The van der Waals surface area contributed by atoms with E-state index < -0.39 is 37.5 Å². The zero-order valence-electron chi connectivity index (χ0n) is 23.5. The number of azo groups is 2. The molecule has 2 heterocycles. The fourth-order valence-corrected chi connectivity index (χ4v) is 5.81. The maximum absolute atomic E-state index is 11.3. The minimum atomic E-state index is -4.40. The lowest BCUT2D eigenvalue weighted by Crippen LogP contribution is -2.00. The summed E-state index contributed by atoms with van der Waals surface area (Å²) in [4.78, 5) is 3.49. The van der Waals surface area contributed by atoms with Crippen molar-refractivity contribution in [2.45, 2.75) is 16.7 Å². The second-order valence-corrected chi connectivity index (χ2v) is 12.8. The Morgan fingerprint density at radius 3 is 2.20 bits per heavy atom. The van der Waals surface area contributed by atoms with E-state index in [0.717, 1.165) is 22.2 Å². The number of hydrogen-bond donors (Lipinski definition) is 6. The molecule has 0 aliphatic rings. The van der Waals surface area contributed by atoms with Crippen molar-refractivity contribution in [2.75, 3.05) is 0 Å². The van der Waals surface area contributed by atoms with E-state index in [1.807, 2.05) is 12.1 Å². The molecule has 0 atom stereocenters. The Hall–Kier alpha value is -5.30. The largest absolute Gasteiger partial charge is 0.505 e. The Bertz CT molecular complexity index is 2310. The zero-order valence-corrected chi connectivity index (χ0v) is 25.2. The number of pyridine rings is 1. The van der Waals surface area contributed by atoms with Gasteiger partial charge in [0, 0.05) is 17.0 Å². The monoisotopic (exact) mass is 661 g/mol. The Kier molecular flexibility index (Phi) is 7.72. The SMILES string of the molecule is Cc1nn(-c2ccc(S(=O)(=O)O)cc2)c(O)c1N=Nc1ccc2c(O)c(N=Nc3cccc4cccnc34)c(S(O)(O)O)cc2c1. The molecule has 46 heavy (non-hydrogen) atoms. The Balaban J connectivity index is 1.35. The average Bonchev–Trinajstić information content (AvgIpc) is 3.30. The van der Waals surface area contributed by atoms with E-state index in [0.29, 0.717) is 11.2 Å². The number of aryl methyl sites for hydroxylation is 1. The predicted octanol–water partition coefficient (Wildman–Crippen LogP) is 7.95. The molecule has 234 valence electrons. The summed E-state index contributed by atoms with van der Waals surface area (Å²) in [6.07, 6.45) is 1.59. The lowest BCUT2D eigenvalue weighted by Gasteiger charge is -2.22. The second-order valence-electron chi connectivity index (χ2n) is 9.89. The number of nitrogens with zero attached hydrogens (tertiary/aromatic N) is 7. The molecule has 6 rings (SSSR count). The van der Waals surface area contributed by atoms with Crippen LogP contribution in [0.2, 0.25) is 0 Å². The van der Waals surface area contributed by atoms with E-state index in [9.17, 15) is 36.8 Å². The summed E-state index contributed by atoms with van der Waals surface area (Å²) in [5, 5.41) is 43.8. The van der Waals surface area contributed by atoms with Crippen molar-refractivity contribution in [3.05, 3.63) is 90.8 Å². The topological polar surface area (TPSA) is 236 Å². The standard InChI is InChI=1S/C29H23N7O8S2/c1-16-25(29(38)36(35-16)20-8-10-21(11-9-20)45(39,40)41)33-31-19-7-12-22-18(14-19)15-24(46(42,43)44)27(28(22)37)34-32-23-6-2-4-17-5-3-13-30-26(17)23/h2-15,37-38,42-44H,1H3,(H,39,40,41). The third-order valence-corrected chi connectivity index (χ3v) is 8.62. The molecule has 0 bridgehead atoms. The first-order chi connectivity index (χ1) is 21.8. The molecular formula is C29H23N7O8S2. The zero-order chi connectivity index (χ0) is 32.8. The summed E-state index contributed by atoms with van der Waals surface area (Å²) in [6.45, 7) is 1.57. The van der Waals surface area contributed by atoms with Gasteiger partial charge in [0.05, 0.1) is 32.4 Å². The number of phenols is 1. The highest BCUT2D eigenvalue weighted by molar-refractivity contribution is 8.19. The van der Waals surface area contributed by atoms with E-state index in [4.69, 9.17) is 0 Å². The van der Waals surface area contributed by atoms with Crippen molar-refractivity contribution >= 4 is 65.4 Å². The van der Waals surface area contributed by atoms with Crippen molar-refractivity contribution in [3.8, 4) is 17.3 Å². The molecule has 6 aromatic rings. The molecule has 0 saturated carbocycles. The number of benzene rings is 4. The fourth-order valence-electron chi connectivity index (χ4n) is 4.65. The van der Waals surface area contributed by atoms with Gasteiger partial charge in [0.2, 0.25) is 5.88 Å². The molecule has 0 aliphatic carbocycles. The predicted molar refractivity (Wildman–Crippen MR) is 169 cm³/mol. The van der Waals surface area contributed by atoms with E-state index in [1.165, 1.54) is 36.4 Å². The van der Waals surface area contributed by atoms with Crippen LogP contribution < -0.4 is 0 Å². The molecular weight excluding hydrogens is 638 g/mol. The highest BCUT2D eigenvalue weighted by atomic mass is 32.3. The van der Waals surface area contributed by atoms with Crippen LogP contribution in [0.1, 0.15) is 5.69 Å². The van der Waals surface area contributed by atoms with Gasteiger partial charge in [-0.15, -0.1) is 15.3 Å². The van der Waals surface area contributed by atoms with Crippen LogP contribution in [0.5, 0.6) is 11.6 Å². The smallest absolute Gasteiger partial charge is 0.294 e. The highest BCUT2D eigenvalue weighted by Crippen LogP contribution is 2.54. The third-order valence-electron chi connectivity index (χ3n) is 6.85. The number of rotatable bonds is 7. The molecule has 0 spiro atoms. The van der Waals surface area contributed by atoms with Gasteiger partial charge in [-0.25, -0.2) is 0 Å². The molecule has 0 fully saturated rings. The summed E-state index contributed by atoms with van der Waals surface area (Å²) in [5.74, 6) is -0.871. The number of hydrogen-bond acceptors (Lipinski definition) is 13. The van der Waals surface area contributed by atoms with Crippen molar-refractivity contribution in [3.63, 3.8) is 0 Å². The van der Waals surface area contributed by atoms with E-state index >= 15 is 0 Å². The maximum atomic E-state index is 11.3. The lowest BCUT2D eigenvalue weighted by atomic mass is 10.1. The molecule has 0 radical (unpaired) electrons. The van der Waals surface area contributed by atoms with Crippen LogP contribution in [0, 0.1) is 6.92 Å². The summed E-state index contributed by atoms with van der Waals surface area (Å²) < 4.78 is 63.6. The minimum absolute atomic E-state index is 0.00529. The number of aromatic nitrogens is 3. The average molecular weight is 662 g/mol. The number of para-hydroxylation sites is 1. The van der Waals surface area contributed by atoms with Crippen LogP contribution in [0.15, 0.2) is 115 Å². The fraction of sp³-hybridized carbons (Fsp3) is 0.0345. The Morgan fingerprint density at radius 1 is 0.761 bits per heavy atom. The molecule has 0 saturated heterocycles. The minimum Gasteiger partial charge on any atom is -0.505 e. The van der Waals surface area contributed by atoms with Crippen molar-refractivity contribution < 1.29 is 36.8 Å². The van der Waals surface area contributed by atoms with Crippen LogP contribution in [0.3, 0.4) is 0 Å². The van der Waals surface area contributed by atoms with Gasteiger partial charge < -0.3 is 23.9 Å². The Labute approximate surface area is 261 Å². The molecule has 4 aromatic carbocycles. The van der Waals surface area contributed by atoms with Crippen LogP contribution in [-0.4, -0.2) is 51.6 Å². The van der Waals surface area contributed by atoms with Crippen molar-refractivity contribution in [2.24, 2.45) is 20.5 Å².